The number of rotatable bonds is 5. The number of sulfonamides is 1. The van der Waals surface area contributed by atoms with Crippen LogP contribution in [0.1, 0.15) is 12.8 Å². The van der Waals surface area contributed by atoms with Crippen LogP contribution in [0.25, 0.3) is 0 Å². The number of ether oxygens (including phenoxy) is 1. The van der Waals surface area contributed by atoms with E-state index < -0.39 is 10.0 Å². The van der Waals surface area contributed by atoms with E-state index >= 15 is 0 Å². The Bertz CT molecular complexity index is 273. The second-order valence-electron chi connectivity index (χ2n) is 3.83. The summed E-state index contributed by atoms with van der Waals surface area (Å²) in [7, 11) is 0.0133. The molecule has 0 aliphatic carbocycles. The molecule has 1 unspecified atom stereocenters. The van der Waals surface area contributed by atoms with Gasteiger partial charge < -0.3 is 10.1 Å². The van der Waals surface area contributed by atoms with E-state index in [1.807, 2.05) is 0 Å². The molecule has 1 aliphatic rings. The largest absolute Gasteiger partial charge is 0.384 e. The number of nitrogens with zero attached hydrogens (tertiary/aromatic N) is 1. The lowest BCUT2D eigenvalue weighted by Gasteiger charge is -2.30. The average Bonchev–Trinajstić information content (AvgIpc) is 2.26. The van der Waals surface area contributed by atoms with Gasteiger partial charge in [-0.3, -0.25) is 0 Å². The minimum Gasteiger partial charge on any atom is -0.384 e. The number of hydrogen-bond acceptors (Lipinski definition) is 4. The molecule has 1 heterocycles. The molecular weight excluding hydrogens is 216 g/mol. The first kappa shape index (κ1) is 12.9. The summed E-state index contributed by atoms with van der Waals surface area (Å²) in [4.78, 5) is 0. The topological polar surface area (TPSA) is 58.6 Å². The third kappa shape index (κ3) is 3.71. The lowest BCUT2D eigenvalue weighted by atomic mass is 10.1. The highest BCUT2D eigenvalue weighted by Gasteiger charge is 2.26. The van der Waals surface area contributed by atoms with Crippen molar-refractivity contribution < 1.29 is 13.2 Å². The number of hydrogen-bond donors (Lipinski definition) is 1. The zero-order valence-corrected chi connectivity index (χ0v) is 10.2. The Hall–Kier alpha value is -0.170. The van der Waals surface area contributed by atoms with Gasteiger partial charge >= 0.3 is 0 Å². The summed E-state index contributed by atoms with van der Waals surface area (Å²) in [6.07, 6.45) is 1.98. The van der Waals surface area contributed by atoms with E-state index in [4.69, 9.17) is 4.74 Å². The summed E-state index contributed by atoms with van der Waals surface area (Å²) in [6, 6.07) is 0.0978. The van der Waals surface area contributed by atoms with Gasteiger partial charge in [0.25, 0.3) is 0 Å². The van der Waals surface area contributed by atoms with Crippen molar-refractivity contribution in [2.24, 2.45) is 0 Å². The van der Waals surface area contributed by atoms with Crippen molar-refractivity contribution in [2.45, 2.75) is 18.9 Å². The van der Waals surface area contributed by atoms with Crippen LogP contribution < -0.4 is 5.32 Å². The second-order valence-corrected chi connectivity index (χ2v) is 5.97. The van der Waals surface area contributed by atoms with Crippen LogP contribution in [-0.4, -0.2) is 58.4 Å². The van der Waals surface area contributed by atoms with Gasteiger partial charge in [-0.15, -0.1) is 0 Å². The monoisotopic (exact) mass is 236 g/mol. The molecule has 1 atom stereocenters. The molecule has 0 bridgehead atoms. The average molecular weight is 236 g/mol. The third-order valence-electron chi connectivity index (χ3n) is 2.77. The molecule has 1 saturated heterocycles. The molecule has 15 heavy (non-hydrogen) atoms. The number of piperidine rings is 1. The van der Waals surface area contributed by atoms with Crippen LogP contribution in [0.15, 0.2) is 0 Å². The molecule has 90 valence electrons. The first-order valence-electron chi connectivity index (χ1n) is 5.23. The van der Waals surface area contributed by atoms with E-state index in [1.165, 1.54) is 11.4 Å². The van der Waals surface area contributed by atoms with Gasteiger partial charge in [0.1, 0.15) is 0 Å². The molecule has 0 amide bonds. The zero-order valence-electron chi connectivity index (χ0n) is 9.40. The molecule has 5 nitrogen and oxygen atoms in total. The molecule has 0 radical (unpaired) electrons. The van der Waals surface area contributed by atoms with E-state index in [1.54, 1.807) is 7.05 Å². The van der Waals surface area contributed by atoms with E-state index in [2.05, 4.69) is 5.32 Å². The van der Waals surface area contributed by atoms with Gasteiger partial charge in [-0.25, -0.2) is 12.7 Å². The maximum Gasteiger partial charge on any atom is 0.216 e. The van der Waals surface area contributed by atoms with Crippen molar-refractivity contribution in [3.05, 3.63) is 0 Å². The summed E-state index contributed by atoms with van der Waals surface area (Å²) in [5, 5.41) is 3.21. The van der Waals surface area contributed by atoms with Crippen molar-refractivity contribution in [1.82, 2.24) is 9.62 Å². The number of methoxy groups -OCH3 is 1. The molecule has 0 aromatic carbocycles. The quantitative estimate of drug-likeness (QED) is 0.708. The minimum absolute atomic E-state index is 0.0660. The highest BCUT2D eigenvalue weighted by atomic mass is 32.2. The maximum absolute atomic E-state index is 11.8. The van der Waals surface area contributed by atoms with Crippen molar-refractivity contribution in [3.8, 4) is 0 Å². The molecular formula is C9H20N2O3S. The van der Waals surface area contributed by atoms with Crippen LogP contribution in [0.5, 0.6) is 0 Å². The fraction of sp³-hybridized carbons (Fsp3) is 1.00. The number of likely N-dealkylation sites (N-methyl/N-ethyl adjacent to an activating group) is 1. The standard InChI is InChI=1S/C9H20N2O3S/c1-11(9-4-3-5-10-8-9)15(12,13)7-6-14-2/h9-10H,3-8H2,1-2H3. The summed E-state index contributed by atoms with van der Waals surface area (Å²) in [6.45, 7) is 2.00. The highest BCUT2D eigenvalue weighted by Crippen LogP contribution is 2.12. The second kappa shape index (κ2) is 5.79. The summed E-state index contributed by atoms with van der Waals surface area (Å²) in [5.41, 5.74) is 0. The molecule has 1 aliphatic heterocycles. The smallest absolute Gasteiger partial charge is 0.216 e. The Morgan fingerprint density at radius 2 is 2.27 bits per heavy atom. The molecule has 1 rings (SSSR count). The van der Waals surface area contributed by atoms with Gasteiger partial charge in [-0.05, 0) is 19.4 Å². The zero-order chi connectivity index (χ0) is 11.3. The van der Waals surface area contributed by atoms with Gasteiger partial charge in [-0.2, -0.15) is 0 Å². The van der Waals surface area contributed by atoms with Gasteiger partial charge in [0.15, 0.2) is 0 Å². The van der Waals surface area contributed by atoms with Crippen LogP contribution in [0.2, 0.25) is 0 Å². The van der Waals surface area contributed by atoms with Crippen LogP contribution in [-0.2, 0) is 14.8 Å². The Morgan fingerprint density at radius 3 is 2.80 bits per heavy atom. The lowest BCUT2D eigenvalue weighted by Crippen LogP contribution is -2.47. The van der Waals surface area contributed by atoms with Gasteiger partial charge in [0, 0.05) is 26.7 Å². The van der Waals surface area contributed by atoms with Crippen molar-refractivity contribution in [3.63, 3.8) is 0 Å². The van der Waals surface area contributed by atoms with E-state index in [0.29, 0.717) is 0 Å². The van der Waals surface area contributed by atoms with Crippen molar-refractivity contribution >= 4 is 10.0 Å². The first-order chi connectivity index (χ1) is 7.08. The van der Waals surface area contributed by atoms with Gasteiger partial charge in [-0.1, -0.05) is 0 Å². The molecule has 1 N–H and O–H groups in total. The Kier molecular flexibility index (Phi) is 4.98. The van der Waals surface area contributed by atoms with Crippen molar-refractivity contribution in [1.29, 1.82) is 0 Å². The van der Waals surface area contributed by atoms with Crippen LogP contribution >= 0.6 is 0 Å². The molecule has 0 aromatic rings. The molecule has 6 heteroatoms. The molecule has 0 aromatic heterocycles. The van der Waals surface area contributed by atoms with Crippen LogP contribution in [0.3, 0.4) is 0 Å². The predicted octanol–water partition coefficient (Wildman–Crippen LogP) is -0.354. The molecule has 1 fully saturated rings. The molecule has 0 saturated carbocycles. The van der Waals surface area contributed by atoms with Crippen LogP contribution in [0.4, 0.5) is 0 Å². The van der Waals surface area contributed by atoms with Crippen molar-refractivity contribution in [2.75, 3.05) is 39.6 Å². The fourth-order valence-corrected chi connectivity index (χ4v) is 3.00. The Morgan fingerprint density at radius 1 is 1.53 bits per heavy atom. The van der Waals surface area contributed by atoms with Crippen LogP contribution in [0, 0.1) is 0 Å². The van der Waals surface area contributed by atoms with E-state index in [0.717, 1.165) is 25.9 Å². The third-order valence-corrected chi connectivity index (χ3v) is 4.63. The predicted molar refractivity (Wildman–Crippen MR) is 59.3 cm³/mol. The summed E-state index contributed by atoms with van der Waals surface area (Å²) < 4.78 is 29.9. The fourth-order valence-electron chi connectivity index (χ4n) is 1.70. The number of nitrogens with one attached hydrogen (secondary N) is 1. The maximum atomic E-state index is 11.8. The first-order valence-corrected chi connectivity index (χ1v) is 6.84. The summed E-state index contributed by atoms with van der Waals surface area (Å²) in [5.74, 6) is 0.0660. The summed E-state index contributed by atoms with van der Waals surface area (Å²) >= 11 is 0. The lowest BCUT2D eigenvalue weighted by molar-refractivity contribution is 0.214. The van der Waals surface area contributed by atoms with E-state index in [9.17, 15) is 8.42 Å². The molecule has 0 spiro atoms. The Balaban J connectivity index is 2.53. The van der Waals surface area contributed by atoms with Gasteiger partial charge in [0.05, 0.1) is 12.4 Å². The minimum atomic E-state index is -3.15. The highest BCUT2D eigenvalue weighted by molar-refractivity contribution is 7.89. The van der Waals surface area contributed by atoms with E-state index in [-0.39, 0.29) is 18.4 Å². The van der Waals surface area contributed by atoms with Gasteiger partial charge in [0.2, 0.25) is 10.0 Å². The SMILES string of the molecule is COCCS(=O)(=O)N(C)C1CCCNC1. The normalized spacial score (nSPS) is 23.3. The Labute approximate surface area is 91.8 Å².